The summed E-state index contributed by atoms with van der Waals surface area (Å²) in [5.41, 5.74) is 0. The molecule has 22 heavy (non-hydrogen) atoms. The van der Waals surface area contributed by atoms with Crippen LogP contribution in [-0.2, 0) is 18.9 Å². The number of ether oxygens (including phenoxy) is 4. The van der Waals surface area contributed by atoms with Gasteiger partial charge in [0.15, 0.2) is 5.79 Å². The second kappa shape index (κ2) is 7.88. The lowest BCUT2D eigenvalue weighted by Crippen LogP contribution is -2.31. The maximum Gasteiger partial charge on any atom is 0.163 e. The van der Waals surface area contributed by atoms with Crippen LogP contribution in [0.15, 0.2) is 12.2 Å². The van der Waals surface area contributed by atoms with E-state index >= 15 is 0 Å². The van der Waals surface area contributed by atoms with Crippen molar-refractivity contribution in [1.29, 1.82) is 0 Å². The van der Waals surface area contributed by atoms with Gasteiger partial charge in [-0.2, -0.15) is 0 Å². The maximum absolute atomic E-state index is 10.1. The van der Waals surface area contributed by atoms with Gasteiger partial charge in [-0.3, -0.25) is 0 Å². The molecule has 5 atom stereocenters. The summed E-state index contributed by atoms with van der Waals surface area (Å²) in [6, 6.07) is 0. The molecule has 0 bridgehead atoms. The van der Waals surface area contributed by atoms with E-state index in [1.54, 1.807) is 0 Å². The van der Waals surface area contributed by atoms with Gasteiger partial charge in [0, 0.05) is 6.42 Å². The predicted molar refractivity (Wildman–Crippen MR) is 83.7 cm³/mol. The Morgan fingerprint density at radius 1 is 1.36 bits per heavy atom. The summed E-state index contributed by atoms with van der Waals surface area (Å²) in [5, 5.41) is 10.1. The summed E-state index contributed by atoms with van der Waals surface area (Å²) in [4.78, 5) is 0. The fraction of sp³-hybridized carbons (Fsp3) is 0.882. The van der Waals surface area contributed by atoms with Gasteiger partial charge >= 0.3 is 0 Å². The Kier molecular flexibility index (Phi) is 6.41. The van der Waals surface area contributed by atoms with E-state index in [2.05, 4.69) is 19.1 Å². The molecular formula is C17H30O5. The van der Waals surface area contributed by atoms with Crippen molar-refractivity contribution in [1.82, 2.24) is 0 Å². The minimum absolute atomic E-state index is 0.0351. The monoisotopic (exact) mass is 314 g/mol. The van der Waals surface area contributed by atoms with Crippen LogP contribution in [0.2, 0.25) is 0 Å². The molecule has 2 rings (SSSR count). The molecule has 0 aliphatic carbocycles. The number of aliphatic hydroxyl groups excluding tert-OH is 1. The summed E-state index contributed by atoms with van der Waals surface area (Å²) in [6.07, 6.45) is 5.86. The van der Waals surface area contributed by atoms with Crippen molar-refractivity contribution < 1.29 is 24.1 Å². The van der Waals surface area contributed by atoms with Gasteiger partial charge in [0.1, 0.15) is 6.10 Å². The first-order chi connectivity index (χ1) is 10.4. The molecule has 128 valence electrons. The number of rotatable bonds is 7. The number of hydrogen-bond donors (Lipinski definition) is 1. The van der Waals surface area contributed by atoms with E-state index in [0.29, 0.717) is 19.6 Å². The molecule has 2 saturated heterocycles. The van der Waals surface area contributed by atoms with Gasteiger partial charge in [0.2, 0.25) is 0 Å². The molecule has 2 fully saturated rings. The highest BCUT2D eigenvalue weighted by molar-refractivity contribution is 4.92. The minimum Gasteiger partial charge on any atom is -0.390 e. The first-order valence-electron chi connectivity index (χ1n) is 8.33. The van der Waals surface area contributed by atoms with Crippen molar-refractivity contribution in [3.63, 3.8) is 0 Å². The number of aliphatic hydroxyl groups is 1. The third kappa shape index (κ3) is 5.03. The first-order valence-corrected chi connectivity index (χ1v) is 8.33. The lowest BCUT2D eigenvalue weighted by atomic mass is 10.1. The van der Waals surface area contributed by atoms with Gasteiger partial charge in [0.05, 0.1) is 37.6 Å². The molecule has 2 heterocycles. The fourth-order valence-corrected chi connectivity index (χ4v) is 2.88. The molecule has 0 spiro atoms. The van der Waals surface area contributed by atoms with Crippen molar-refractivity contribution in [3.05, 3.63) is 12.2 Å². The van der Waals surface area contributed by atoms with E-state index in [1.165, 1.54) is 0 Å². The van der Waals surface area contributed by atoms with Crippen LogP contribution in [-0.4, -0.2) is 54.6 Å². The normalized spacial score (nSPS) is 36.2. The lowest BCUT2D eigenvalue weighted by molar-refractivity contribution is -0.151. The van der Waals surface area contributed by atoms with Crippen molar-refractivity contribution in [2.75, 3.05) is 13.2 Å². The van der Waals surface area contributed by atoms with E-state index < -0.39 is 11.9 Å². The summed E-state index contributed by atoms with van der Waals surface area (Å²) >= 11 is 0. The van der Waals surface area contributed by atoms with Crippen LogP contribution in [0, 0.1) is 0 Å². The summed E-state index contributed by atoms with van der Waals surface area (Å²) in [7, 11) is 0. The fourth-order valence-electron chi connectivity index (χ4n) is 2.88. The van der Waals surface area contributed by atoms with Crippen LogP contribution in [0.3, 0.4) is 0 Å². The molecule has 0 saturated carbocycles. The van der Waals surface area contributed by atoms with E-state index in [4.69, 9.17) is 18.9 Å². The molecule has 0 aromatic rings. The molecule has 0 aromatic heterocycles. The average Bonchev–Trinajstić information content (AvgIpc) is 3.00. The van der Waals surface area contributed by atoms with E-state index in [-0.39, 0.29) is 24.4 Å². The highest BCUT2D eigenvalue weighted by Crippen LogP contribution is 2.28. The Labute approximate surface area is 133 Å². The van der Waals surface area contributed by atoms with E-state index in [0.717, 1.165) is 12.8 Å². The third-order valence-corrected chi connectivity index (χ3v) is 4.16. The molecule has 0 aromatic carbocycles. The molecule has 0 amide bonds. The van der Waals surface area contributed by atoms with Crippen molar-refractivity contribution >= 4 is 0 Å². The zero-order chi connectivity index (χ0) is 16.2. The maximum atomic E-state index is 10.1. The van der Waals surface area contributed by atoms with Gasteiger partial charge in [-0.15, -0.1) is 0 Å². The Hall–Kier alpha value is -0.460. The zero-order valence-corrected chi connectivity index (χ0v) is 14.2. The first kappa shape index (κ1) is 17.9. The summed E-state index contributed by atoms with van der Waals surface area (Å²) in [6.45, 7) is 8.93. The quantitative estimate of drug-likeness (QED) is 0.731. The van der Waals surface area contributed by atoms with E-state index in [1.807, 2.05) is 20.8 Å². The van der Waals surface area contributed by atoms with Crippen LogP contribution in [0.4, 0.5) is 0 Å². The Morgan fingerprint density at radius 2 is 2.14 bits per heavy atom. The molecule has 2 aliphatic rings. The van der Waals surface area contributed by atoms with Crippen molar-refractivity contribution in [2.24, 2.45) is 0 Å². The van der Waals surface area contributed by atoms with Crippen LogP contribution in [0.25, 0.3) is 0 Å². The van der Waals surface area contributed by atoms with Gasteiger partial charge in [-0.05, 0) is 33.6 Å². The topological polar surface area (TPSA) is 57.2 Å². The van der Waals surface area contributed by atoms with Gasteiger partial charge in [0.25, 0.3) is 0 Å². The standard InChI is InChI=1S/C17H30O5/c1-5-6-7-8-15-14(18)9-16(21-15)12(2)19-10-13-11-20-17(3,4)22-13/h6-7,12-16,18H,5,8-11H2,1-4H3/b7-6+. The van der Waals surface area contributed by atoms with Crippen LogP contribution in [0.1, 0.15) is 47.0 Å². The second-order valence-electron chi connectivity index (χ2n) is 6.62. The molecular weight excluding hydrogens is 284 g/mol. The Balaban J connectivity index is 1.72. The van der Waals surface area contributed by atoms with Gasteiger partial charge < -0.3 is 24.1 Å². The minimum atomic E-state index is -0.520. The highest BCUT2D eigenvalue weighted by atomic mass is 16.7. The molecule has 0 radical (unpaired) electrons. The molecule has 5 unspecified atom stereocenters. The summed E-state index contributed by atoms with van der Waals surface area (Å²) in [5.74, 6) is -0.520. The van der Waals surface area contributed by atoms with Gasteiger partial charge in [-0.1, -0.05) is 19.1 Å². The number of hydrogen-bond acceptors (Lipinski definition) is 5. The highest BCUT2D eigenvalue weighted by Gasteiger charge is 2.38. The van der Waals surface area contributed by atoms with Crippen LogP contribution in [0.5, 0.6) is 0 Å². The van der Waals surface area contributed by atoms with Crippen molar-refractivity contribution in [2.45, 2.75) is 83.3 Å². The van der Waals surface area contributed by atoms with Crippen molar-refractivity contribution in [3.8, 4) is 0 Å². The number of allylic oxidation sites excluding steroid dienone is 1. The molecule has 5 nitrogen and oxygen atoms in total. The van der Waals surface area contributed by atoms with E-state index in [9.17, 15) is 5.11 Å². The molecule has 1 N–H and O–H groups in total. The Bertz CT molecular complexity index is 368. The molecule has 5 heteroatoms. The molecule has 2 aliphatic heterocycles. The summed E-state index contributed by atoms with van der Waals surface area (Å²) < 4.78 is 23.0. The smallest absolute Gasteiger partial charge is 0.163 e. The third-order valence-electron chi connectivity index (χ3n) is 4.16. The SMILES string of the molecule is CC/C=C/CC1OC(C(C)OCC2COC(C)(C)O2)CC1O. The largest absolute Gasteiger partial charge is 0.390 e. The lowest BCUT2D eigenvalue weighted by Gasteiger charge is -2.22. The van der Waals surface area contributed by atoms with Gasteiger partial charge in [-0.25, -0.2) is 0 Å². The van der Waals surface area contributed by atoms with Crippen LogP contribution >= 0.6 is 0 Å². The predicted octanol–water partition coefficient (Wildman–Crippen LogP) is 2.42. The second-order valence-corrected chi connectivity index (χ2v) is 6.62. The Morgan fingerprint density at radius 3 is 2.77 bits per heavy atom. The average molecular weight is 314 g/mol. The zero-order valence-electron chi connectivity index (χ0n) is 14.2. The van der Waals surface area contributed by atoms with Crippen LogP contribution < -0.4 is 0 Å².